The van der Waals surface area contributed by atoms with Gasteiger partial charge in [-0.3, -0.25) is 4.79 Å². The maximum absolute atomic E-state index is 12.3. The number of carboxylic acids is 1. The van der Waals surface area contributed by atoms with Crippen molar-refractivity contribution in [3.63, 3.8) is 0 Å². The number of hydrogen-bond acceptors (Lipinski definition) is 4. The predicted molar refractivity (Wildman–Crippen MR) is 66.0 cm³/mol. The Kier molecular flexibility index (Phi) is 4.21. The Balaban J connectivity index is 2.10. The van der Waals surface area contributed by atoms with E-state index in [1.54, 1.807) is 6.07 Å². The summed E-state index contributed by atoms with van der Waals surface area (Å²) in [5.41, 5.74) is 0.521. The molecule has 0 aliphatic carbocycles. The number of aliphatic carboxylic acids is 1. The molecule has 1 aliphatic heterocycles. The van der Waals surface area contributed by atoms with Gasteiger partial charge in [0, 0.05) is 13.0 Å². The molecule has 1 aromatic rings. The van der Waals surface area contributed by atoms with E-state index in [0.717, 1.165) is 6.42 Å². The minimum atomic E-state index is -1.04. The number of carbonyl (C=O) groups is 2. The number of ether oxygens (including phenoxy) is 1. The Hall–Kier alpha value is -1.82. The third-order valence-corrected chi connectivity index (χ3v) is 3.08. The molecule has 1 saturated heterocycles. The fourth-order valence-electron chi connectivity index (χ4n) is 2.11. The van der Waals surface area contributed by atoms with E-state index < -0.39 is 12.1 Å². The summed E-state index contributed by atoms with van der Waals surface area (Å²) in [6.07, 6.45) is 2.13. The number of carbonyl (C=O) groups excluding carboxylic acids is 1. The Morgan fingerprint density at radius 3 is 3.00 bits per heavy atom. The van der Waals surface area contributed by atoms with Crippen molar-refractivity contribution >= 4 is 11.9 Å². The quantitative estimate of drug-likeness (QED) is 0.885. The Labute approximate surface area is 110 Å². The second-order valence-electron chi connectivity index (χ2n) is 4.46. The van der Waals surface area contributed by atoms with Crippen LogP contribution in [0, 0.1) is 0 Å². The van der Waals surface area contributed by atoms with Crippen LogP contribution in [0.5, 0.6) is 0 Å². The van der Waals surface area contributed by atoms with E-state index in [4.69, 9.17) is 14.3 Å². The molecular weight excluding hydrogens is 250 g/mol. The van der Waals surface area contributed by atoms with Crippen molar-refractivity contribution < 1.29 is 23.8 Å². The van der Waals surface area contributed by atoms with Crippen molar-refractivity contribution in [3.8, 4) is 0 Å². The summed E-state index contributed by atoms with van der Waals surface area (Å²) in [5, 5.41) is 8.93. The van der Waals surface area contributed by atoms with Crippen molar-refractivity contribution in [1.82, 2.24) is 4.90 Å². The van der Waals surface area contributed by atoms with Crippen LogP contribution in [0.25, 0.3) is 0 Å². The molecule has 0 radical (unpaired) electrons. The van der Waals surface area contributed by atoms with Gasteiger partial charge in [-0.1, -0.05) is 6.92 Å². The molecule has 1 atom stereocenters. The molecule has 1 amide bonds. The first-order chi connectivity index (χ1) is 9.13. The van der Waals surface area contributed by atoms with Crippen LogP contribution in [-0.4, -0.2) is 47.7 Å². The van der Waals surface area contributed by atoms with Gasteiger partial charge in [0.1, 0.15) is 5.76 Å². The summed E-state index contributed by atoms with van der Waals surface area (Å²) in [5.74, 6) is -0.573. The number of hydrogen-bond donors (Lipinski definition) is 1. The number of aryl methyl sites for hydroxylation is 1. The van der Waals surface area contributed by atoms with Crippen molar-refractivity contribution in [2.45, 2.75) is 25.9 Å². The van der Waals surface area contributed by atoms with Crippen molar-refractivity contribution in [2.75, 3.05) is 19.7 Å². The third kappa shape index (κ3) is 2.96. The molecule has 1 unspecified atom stereocenters. The molecular formula is C13H17NO5. The lowest BCUT2D eigenvalue weighted by atomic mass is 10.1. The van der Waals surface area contributed by atoms with Crippen LogP contribution in [0.2, 0.25) is 0 Å². The van der Waals surface area contributed by atoms with Crippen LogP contribution in [0.15, 0.2) is 16.7 Å². The Bertz CT molecular complexity index is 467. The van der Waals surface area contributed by atoms with E-state index in [1.165, 1.54) is 11.2 Å². The minimum absolute atomic E-state index is 0.0743. The highest BCUT2D eigenvalue weighted by atomic mass is 16.5. The summed E-state index contributed by atoms with van der Waals surface area (Å²) < 4.78 is 10.4. The van der Waals surface area contributed by atoms with Gasteiger partial charge in [-0.05, 0) is 12.5 Å². The zero-order valence-electron chi connectivity index (χ0n) is 10.8. The van der Waals surface area contributed by atoms with E-state index in [0.29, 0.717) is 24.3 Å². The van der Waals surface area contributed by atoms with Gasteiger partial charge in [-0.2, -0.15) is 0 Å². The summed E-state index contributed by atoms with van der Waals surface area (Å²) in [7, 11) is 0. The van der Waals surface area contributed by atoms with Gasteiger partial charge in [0.05, 0.1) is 25.0 Å². The lowest BCUT2D eigenvalue weighted by molar-refractivity contribution is -0.154. The molecule has 2 rings (SSSR count). The Morgan fingerprint density at radius 2 is 2.32 bits per heavy atom. The van der Waals surface area contributed by atoms with Crippen LogP contribution < -0.4 is 0 Å². The molecule has 0 aromatic carbocycles. The van der Waals surface area contributed by atoms with E-state index >= 15 is 0 Å². The van der Waals surface area contributed by atoms with E-state index in [9.17, 15) is 9.59 Å². The van der Waals surface area contributed by atoms with E-state index in [1.807, 2.05) is 6.92 Å². The van der Waals surface area contributed by atoms with Crippen LogP contribution in [0.3, 0.4) is 0 Å². The van der Waals surface area contributed by atoms with Gasteiger partial charge in [-0.15, -0.1) is 0 Å². The fourth-order valence-corrected chi connectivity index (χ4v) is 2.11. The predicted octanol–water partition coefficient (Wildman–Crippen LogP) is 1.16. The maximum Gasteiger partial charge on any atom is 0.334 e. The van der Waals surface area contributed by atoms with Gasteiger partial charge < -0.3 is 19.2 Å². The molecule has 1 aromatic heterocycles. The second kappa shape index (κ2) is 5.88. The van der Waals surface area contributed by atoms with Crippen molar-refractivity contribution in [2.24, 2.45) is 0 Å². The first-order valence-electron chi connectivity index (χ1n) is 6.33. The standard InChI is InChI=1S/C13H17NO5/c1-2-3-10-9(4-6-18-10)12(15)14-5-7-19-11(8-14)13(16)17/h4,6,11H,2-3,5,7-8H2,1H3,(H,16,17). The molecule has 0 spiro atoms. The third-order valence-electron chi connectivity index (χ3n) is 3.08. The summed E-state index contributed by atoms with van der Waals surface area (Å²) in [4.78, 5) is 24.7. The zero-order valence-corrected chi connectivity index (χ0v) is 10.8. The summed E-state index contributed by atoms with van der Waals surface area (Å²) in [6.45, 7) is 2.72. The number of furan rings is 1. The monoisotopic (exact) mass is 267 g/mol. The van der Waals surface area contributed by atoms with Crippen molar-refractivity contribution in [1.29, 1.82) is 0 Å². The maximum atomic E-state index is 12.3. The minimum Gasteiger partial charge on any atom is -0.479 e. The molecule has 6 heteroatoms. The van der Waals surface area contributed by atoms with Gasteiger partial charge in [0.15, 0.2) is 6.10 Å². The molecule has 6 nitrogen and oxygen atoms in total. The highest BCUT2D eigenvalue weighted by molar-refractivity contribution is 5.95. The van der Waals surface area contributed by atoms with Crippen LogP contribution >= 0.6 is 0 Å². The lowest BCUT2D eigenvalue weighted by Crippen LogP contribution is -2.48. The first kappa shape index (κ1) is 13.6. The largest absolute Gasteiger partial charge is 0.479 e. The number of carboxylic acid groups (broad SMARTS) is 1. The summed E-state index contributed by atoms with van der Waals surface area (Å²) >= 11 is 0. The number of nitrogens with zero attached hydrogens (tertiary/aromatic N) is 1. The molecule has 1 aliphatic rings. The molecule has 19 heavy (non-hydrogen) atoms. The molecule has 1 fully saturated rings. The fraction of sp³-hybridized carbons (Fsp3) is 0.538. The van der Waals surface area contributed by atoms with Crippen molar-refractivity contribution in [3.05, 3.63) is 23.7 Å². The average Bonchev–Trinajstić information content (AvgIpc) is 2.86. The lowest BCUT2D eigenvalue weighted by Gasteiger charge is -2.30. The molecule has 0 saturated carbocycles. The van der Waals surface area contributed by atoms with E-state index in [2.05, 4.69) is 0 Å². The van der Waals surface area contributed by atoms with Gasteiger partial charge in [-0.25, -0.2) is 4.79 Å². The molecule has 0 bridgehead atoms. The van der Waals surface area contributed by atoms with Crippen LogP contribution in [0.1, 0.15) is 29.5 Å². The topological polar surface area (TPSA) is 80.0 Å². The number of rotatable bonds is 4. The number of morpholine rings is 1. The van der Waals surface area contributed by atoms with Crippen LogP contribution in [0.4, 0.5) is 0 Å². The normalized spacial score (nSPS) is 19.4. The van der Waals surface area contributed by atoms with Gasteiger partial charge >= 0.3 is 5.97 Å². The van der Waals surface area contributed by atoms with Crippen LogP contribution in [-0.2, 0) is 16.0 Å². The smallest absolute Gasteiger partial charge is 0.334 e. The average molecular weight is 267 g/mol. The highest BCUT2D eigenvalue weighted by Gasteiger charge is 2.30. The van der Waals surface area contributed by atoms with Gasteiger partial charge in [0.2, 0.25) is 0 Å². The molecule has 2 heterocycles. The SMILES string of the molecule is CCCc1occc1C(=O)N1CCOC(C(=O)O)C1. The number of amides is 1. The molecule has 104 valence electrons. The first-order valence-corrected chi connectivity index (χ1v) is 6.33. The zero-order chi connectivity index (χ0) is 13.8. The van der Waals surface area contributed by atoms with E-state index in [-0.39, 0.29) is 19.1 Å². The second-order valence-corrected chi connectivity index (χ2v) is 4.46. The highest BCUT2D eigenvalue weighted by Crippen LogP contribution is 2.17. The summed E-state index contributed by atoms with van der Waals surface area (Å²) in [6, 6.07) is 1.64. The molecule has 1 N–H and O–H groups in total. The van der Waals surface area contributed by atoms with Gasteiger partial charge in [0.25, 0.3) is 5.91 Å². The Morgan fingerprint density at radius 1 is 1.53 bits per heavy atom.